The fourth-order valence-corrected chi connectivity index (χ4v) is 0.795. The number of nitrogens with zero attached hydrogens (tertiary/aromatic N) is 4. The minimum absolute atomic E-state index is 0.248. The second kappa shape index (κ2) is 4.69. The van der Waals surface area contributed by atoms with E-state index in [-0.39, 0.29) is 5.96 Å². The van der Waals surface area contributed by atoms with Crippen molar-refractivity contribution >= 4 is 11.9 Å². The maximum Gasteiger partial charge on any atom is 0.220 e. The molecule has 0 atom stereocenters. The standard InChI is InChI=1S/C8H19N5/c1-11(2)7(9)10-8(12(3)4)13(5)6/h9H,1-6H3. The molecule has 5 nitrogen and oxygen atoms in total. The fourth-order valence-electron chi connectivity index (χ4n) is 0.795. The number of aliphatic imine (C=N–C) groups is 1. The van der Waals surface area contributed by atoms with E-state index in [2.05, 4.69) is 4.99 Å². The zero-order valence-corrected chi connectivity index (χ0v) is 9.29. The van der Waals surface area contributed by atoms with Crippen LogP contribution in [-0.2, 0) is 0 Å². The molecule has 5 heteroatoms. The first-order valence-electron chi connectivity index (χ1n) is 4.05. The van der Waals surface area contributed by atoms with Gasteiger partial charge < -0.3 is 14.7 Å². The van der Waals surface area contributed by atoms with E-state index in [1.54, 1.807) is 19.0 Å². The molecule has 1 N–H and O–H groups in total. The SMILES string of the molecule is CN(C)C(=N)N=C(N(C)C)N(C)C. The number of nitrogens with one attached hydrogen (secondary N) is 1. The molecule has 13 heavy (non-hydrogen) atoms. The third-order valence-electron chi connectivity index (χ3n) is 1.43. The van der Waals surface area contributed by atoms with Crippen LogP contribution < -0.4 is 0 Å². The second-order valence-electron chi connectivity index (χ2n) is 3.42. The predicted octanol–water partition coefficient (Wildman–Crippen LogP) is -0.0380. The Hall–Kier alpha value is -1.26. The van der Waals surface area contributed by atoms with E-state index in [4.69, 9.17) is 5.41 Å². The molecule has 0 aromatic rings. The molecule has 0 saturated heterocycles. The molecular formula is C8H19N5. The summed E-state index contributed by atoms with van der Waals surface area (Å²) in [6, 6.07) is 0. The Morgan fingerprint density at radius 3 is 1.46 bits per heavy atom. The maximum absolute atomic E-state index is 7.55. The van der Waals surface area contributed by atoms with Crippen molar-refractivity contribution in [1.82, 2.24) is 14.7 Å². The molecule has 0 aromatic heterocycles. The van der Waals surface area contributed by atoms with Gasteiger partial charge in [0.15, 0.2) is 0 Å². The molecule has 0 aliphatic heterocycles. The van der Waals surface area contributed by atoms with Crippen molar-refractivity contribution in [2.75, 3.05) is 42.3 Å². The highest BCUT2D eigenvalue weighted by Gasteiger charge is 2.06. The first kappa shape index (κ1) is 11.7. The predicted molar refractivity (Wildman–Crippen MR) is 56.2 cm³/mol. The van der Waals surface area contributed by atoms with Crippen LogP contribution >= 0.6 is 0 Å². The van der Waals surface area contributed by atoms with E-state index >= 15 is 0 Å². The van der Waals surface area contributed by atoms with Crippen molar-refractivity contribution in [1.29, 1.82) is 5.41 Å². The van der Waals surface area contributed by atoms with E-state index in [1.807, 2.05) is 38.0 Å². The van der Waals surface area contributed by atoms with Crippen LogP contribution in [0.15, 0.2) is 4.99 Å². The van der Waals surface area contributed by atoms with E-state index in [0.29, 0.717) is 0 Å². The highest BCUT2D eigenvalue weighted by molar-refractivity contribution is 5.92. The number of guanidine groups is 2. The summed E-state index contributed by atoms with van der Waals surface area (Å²) >= 11 is 0. The van der Waals surface area contributed by atoms with Crippen LogP contribution in [0.3, 0.4) is 0 Å². The van der Waals surface area contributed by atoms with E-state index < -0.39 is 0 Å². The smallest absolute Gasteiger partial charge is 0.220 e. The molecule has 0 heterocycles. The van der Waals surface area contributed by atoms with Crippen LogP contribution in [0.25, 0.3) is 0 Å². The average Bonchev–Trinajstić information content (AvgIpc) is 1.97. The number of hydrogen-bond acceptors (Lipinski definition) is 1. The van der Waals surface area contributed by atoms with Crippen LogP contribution in [-0.4, -0.2) is 68.9 Å². The Balaban J connectivity index is 4.64. The average molecular weight is 185 g/mol. The lowest BCUT2D eigenvalue weighted by Gasteiger charge is -2.23. The Kier molecular flexibility index (Phi) is 4.23. The summed E-state index contributed by atoms with van der Waals surface area (Å²) < 4.78 is 0. The van der Waals surface area contributed by atoms with Gasteiger partial charge in [0.2, 0.25) is 11.9 Å². The molecule has 0 bridgehead atoms. The van der Waals surface area contributed by atoms with Crippen LogP contribution in [0.2, 0.25) is 0 Å². The topological polar surface area (TPSA) is 45.9 Å². The van der Waals surface area contributed by atoms with Gasteiger partial charge in [-0.05, 0) is 0 Å². The van der Waals surface area contributed by atoms with Crippen molar-refractivity contribution in [3.05, 3.63) is 0 Å². The first-order valence-corrected chi connectivity index (χ1v) is 4.05. The molecule has 0 fully saturated rings. The summed E-state index contributed by atoms with van der Waals surface area (Å²) in [5, 5.41) is 7.55. The summed E-state index contributed by atoms with van der Waals surface area (Å²) in [6.07, 6.45) is 0. The minimum atomic E-state index is 0.248. The normalized spacial score (nSPS) is 9.08. The van der Waals surface area contributed by atoms with Crippen molar-refractivity contribution in [2.24, 2.45) is 4.99 Å². The third kappa shape index (κ3) is 3.78. The van der Waals surface area contributed by atoms with E-state index in [1.165, 1.54) is 0 Å². The summed E-state index contributed by atoms with van der Waals surface area (Å²) in [4.78, 5) is 9.56. The third-order valence-corrected chi connectivity index (χ3v) is 1.43. The van der Waals surface area contributed by atoms with E-state index in [9.17, 15) is 0 Å². The summed E-state index contributed by atoms with van der Waals surface area (Å²) in [6.45, 7) is 0. The fraction of sp³-hybridized carbons (Fsp3) is 0.750. The van der Waals surface area contributed by atoms with Gasteiger partial charge in [0.25, 0.3) is 0 Å². The van der Waals surface area contributed by atoms with Gasteiger partial charge in [-0.15, -0.1) is 0 Å². The van der Waals surface area contributed by atoms with Gasteiger partial charge in [-0.2, -0.15) is 4.99 Å². The molecule has 0 aromatic carbocycles. The van der Waals surface area contributed by atoms with Gasteiger partial charge >= 0.3 is 0 Å². The molecule has 0 aliphatic carbocycles. The van der Waals surface area contributed by atoms with Crippen LogP contribution in [0, 0.1) is 5.41 Å². The Labute approximate surface area is 80.2 Å². The molecule has 0 amide bonds. The Morgan fingerprint density at radius 2 is 1.23 bits per heavy atom. The molecule has 0 rings (SSSR count). The van der Waals surface area contributed by atoms with Crippen LogP contribution in [0.5, 0.6) is 0 Å². The van der Waals surface area contributed by atoms with Gasteiger partial charge in [0.1, 0.15) is 0 Å². The van der Waals surface area contributed by atoms with Crippen molar-refractivity contribution in [2.45, 2.75) is 0 Å². The Morgan fingerprint density at radius 1 is 0.846 bits per heavy atom. The second-order valence-corrected chi connectivity index (χ2v) is 3.42. The molecule has 0 saturated carbocycles. The van der Waals surface area contributed by atoms with Crippen LogP contribution in [0.1, 0.15) is 0 Å². The quantitative estimate of drug-likeness (QED) is 0.425. The van der Waals surface area contributed by atoms with Crippen molar-refractivity contribution in [3.8, 4) is 0 Å². The molecule has 76 valence electrons. The Bertz CT molecular complexity index is 195. The zero-order valence-electron chi connectivity index (χ0n) is 9.29. The van der Waals surface area contributed by atoms with Gasteiger partial charge in [0.05, 0.1) is 0 Å². The summed E-state index contributed by atoms with van der Waals surface area (Å²) in [7, 11) is 11.2. The lowest BCUT2D eigenvalue weighted by atomic mass is 10.7. The molecule has 0 unspecified atom stereocenters. The number of rotatable bonds is 0. The molecule has 0 aliphatic rings. The highest BCUT2D eigenvalue weighted by Crippen LogP contribution is 1.91. The molecular weight excluding hydrogens is 166 g/mol. The lowest BCUT2D eigenvalue weighted by Crippen LogP contribution is -2.37. The zero-order chi connectivity index (χ0) is 10.6. The van der Waals surface area contributed by atoms with Crippen molar-refractivity contribution < 1.29 is 0 Å². The van der Waals surface area contributed by atoms with Gasteiger partial charge in [0, 0.05) is 42.3 Å². The largest absolute Gasteiger partial charge is 0.349 e. The lowest BCUT2D eigenvalue weighted by molar-refractivity contribution is 0.482. The first-order chi connectivity index (χ1) is 5.86. The van der Waals surface area contributed by atoms with Gasteiger partial charge in [-0.1, -0.05) is 0 Å². The highest BCUT2D eigenvalue weighted by atomic mass is 15.4. The van der Waals surface area contributed by atoms with E-state index in [0.717, 1.165) is 5.96 Å². The van der Waals surface area contributed by atoms with Crippen LogP contribution in [0.4, 0.5) is 0 Å². The summed E-state index contributed by atoms with van der Waals surface area (Å²) in [5.41, 5.74) is 0. The monoisotopic (exact) mass is 185 g/mol. The molecule has 0 radical (unpaired) electrons. The molecule has 0 spiro atoms. The minimum Gasteiger partial charge on any atom is -0.349 e. The van der Waals surface area contributed by atoms with Gasteiger partial charge in [-0.3, -0.25) is 5.41 Å². The number of hydrogen-bond donors (Lipinski definition) is 1. The summed E-state index contributed by atoms with van der Waals surface area (Å²) in [5.74, 6) is 1.01. The maximum atomic E-state index is 7.55. The van der Waals surface area contributed by atoms with Gasteiger partial charge in [-0.25, -0.2) is 0 Å². The van der Waals surface area contributed by atoms with Crippen molar-refractivity contribution in [3.63, 3.8) is 0 Å².